The van der Waals surface area contributed by atoms with E-state index in [2.05, 4.69) is 10.2 Å². The van der Waals surface area contributed by atoms with Crippen LogP contribution in [0.3, 0.4) is 0 Å². The average molecular weight is 475 g/mol. The number of hydrogen-bond acceptors (Lipinski definition) is 7. The molecule has 0 aromatic heterocycles. The molecule has 9 heteroatoms. The molecule has 1 aliphatic heterocycles. The van der Waals surface area contributed by atoms with Gasteiger partial charge < -0.3 is 15.1 Å². The molecule has 1 heterocycles. The van der Waals surface area contributed by atoms with Crippen LogP contribution in [0, 0.1) is 0 Å². The highest BCUT2D eigenvalue weighted by molar-refractivity contribution is 6.26. The molecule has 0 saturated carbocycles. The van der Waals surface area contributed by atoms with Crippen LogP contribution in [0.4, 0.5) is 17.1 Å². The van der Waals surface area contributed by atoms with Gasteiger partial charge in [0.2, 0.25) is 0 Å². The third kappa shape index (κ3) is 4.90. The zero-order valence-electron chi connectivity index (χ0n) is 19.3. The number of aliphatic hydroxyl groups is 1. The fourth-order valence-corrected chi connectivity index (χ4v) is 4.24. The molecule has 1 aliphatic rings. The Kier molecular flexibility index (Phi) is 7.17. The Morgan fingerprint density at radius 2 is 1.69 bits per heavy atom. The maximum absolute atomic E-state index is 13.0. The number of anilines is 1. The van der Waals surface area contributed by atoms with Crippen molar-refractivity contribution >= 4 is 45.6 Å². The number of nitrogens with zero attached hydrogens (tertiary/aromatic N) is 4. The Morgan fingerprint density at radius 3 is 2.34 bits per heavy atom. The van der Waals surface area contributed by atoms with E-state index in [9.17, 15) is 19.5 Å². The molecular formula is C26H26N4O5. The Hall–Kier alpha value is -4.11. The highest BCUT2D eigenvalue weighted by Gasteiger charge is 2.33. The summed E-state index contributed by atoms with van der Waals surface area (Å²) < 4.78 is 0. The van der Waals surface area contributed by atoms with Crippen LogP contribution in [0.2, 0.25) is 0 Å². The number of benzene rings is 3. The normalized spacial score (nSPS) is 13.1. The quantitative estimate of drug-likeness (QED) is 0.329. The van der Waals surface area contributed by atoms with Gasteiger partial charge in [0, 0.05) is 53.6 Å². The van der Waals surface area contributed by atoms with Crippen molar-refractivity contribution in [2.75, 3.05) is 31.1 Å². The molecule has 4 rings (SSSR count). The van der Waals surface area contributed by atoms with Crippen molar-refractivity contribution in [3.63, 3.8) is 0 Å². The number of likely N-dealkylation sites (N-methyl/N-ethyl adjacent to an activating group) is 1. The van der Waals surface area contributed by atoms with Crippen molar-refractivity contribution < 1.29 is 24.6 Å². The van der Waals surface area contributed by atoms with Crippen molar-refractivity contribution in [1.82, 2.24) is 4.90 Å². The fourth-order valence-electron chi connectivity index (χ4n) is 4.24. The van der Waals surface area contributed by atoms with Gasteiger partial charge in [-0.3, -0.25) is 19.3 Å². The van der Waals surface area contributed by atoms with Gasteiger partial charge in [-0.2, -0.15) is 5.11 Å². The minimum absolute atomic E-state index is 0.0466. The number of carbonyl (C=O) groups excluding carboxylic acids is 2. The number of aliphatic carboxylic acids is 1. The lowest BCUT2D eigenvalue weighted by Gasteiger charge is -2.27. The van der Waals surface area contributed by atoms with Gasteiger partial charge in [0.1, 0.15) is 0 Å². The van der Waals surface area contributed by atoms with Crippen LogP contribution < -0.4 is 4.90 Å². The summed E-state index contributed by atoms with van der Waals surface area (Å²) >= 11 is 0. The van der Waals surface area contributed by atoms with Crippen molar-refractivity contribution in [1.29, 1.82) is 0 Å². The molecule has 2 N–H and O–H groups in total. The summed E-state index contributed by atoms with van der Waals surface area (Å²) in [6.07, 6.45) is 0.0750. The van der Waals surface area contributed by atoms with Gasteiger partial charge in [-0.05, 0) is 55.8 Å². The van der Waals surface area contributed by atoms with Gasteiger partial charge in [0.25, 0.3) is 11.8 Å². The Morgan fingerprint density at radius 1 is 0.971 bits per heavy atom. The maximum atomic E-state index is 13.0. The minimum atomic E-state index is -0.970. The zero-order valence-corrected chi connectivity index (χ0v) is 19.3. The van der Waals surface area contributed by atoms with Gasteiger partial charge >= 0.3 is 5.97 Å². The standard InChI is InChI=1S/C26H26N4O5/c1-2-29(15-16-31)18-10-8-17(9-11-18)27-28-22-13-12-21-24-19(22)5-3-6-20(24)25(34)30(26(21)35)14-4-7-23(32)33/h3,5-6,8-13,31H,2,4,7,14-16H2,1H3,(H,32,33). The molecule has 180 valence electrons. The number of aliphatic hydroxyl groups excluding tert-OH is 1. The molecule has 0 spiro atoms. The number of carbonyl (C=O) groups is 3. The molecule has 9 nitrogen and oxygen atoms in total. The lowest BCUT2D eigenvalue weighted by atomic mass is 9.93. The van der Waals surface area contributed by atoms with Crippen LogP contribution in [-0.2, 0) is 4.79 Å². The second kappa shape index (κ2) is 10.4. The first-order chi connectivity index (χ1) is 16.9. The second-order valence-corrected chi connectivity index (χ2v) is 8.14. The van der Waals surface area contributed by atoms with Crippen LogP contribution >= 0.6 is 0 Å². The van der Waals surface area contributed by atoms with E-state index in [4.69, 9.17) is 5.11 Å². The second-order valence-electron chi connectivity index (χ2n) is 8.14. The van der Waals surface area contributed by atoms with Crippen molar-refractivity contribution in [2.45, 2.75) is 19.8 Å². The predicted octanol–water partition coefficient (Wildman–Crippen LogP) is 4.53. The average Bonchev–Trinajstić information content (AvgIpc) is 2.87. The smallest absolute Gasteiger partial charge is 0.303 e. The van der Waals surface area contributed by atoms with E-state index in [1.165, 1.54) is 0 Å². The van der Waals surface area contributed by atoms with Crippen molar-refractivity contribution in [2.24, 2.45) is 10.2 Å². The van der Waals surface area contributed by atoms with Crippen LogP contribution in [0.1, 0.15) is 40.5 Å². The first kappa shape index (κ1) is 24.0. The van der Waals surface area contributed by atoms with E-state index in [1.54, 1.807) is 30.3 Å². The SMILES string of the molecule is CCN(CCO)c1ccc(N=Nc2ccc3c4c(cccc24)C(=O)N(CCCC(=O)O)C3=O)cc1. The van der Waals surface area contributed by atoms with Gasteiger partial charge in [-0.15, -0.1) is 5.11 Å². The summed E-state index contributed by atoms with van der Waals surface area (Å²) in [6, 6.07) is 16.0. The minimum Gasteiger partial charge on any atom is -0.481 e. The molecule has 0 bridgehead atoms. The third-order valence-corrected chi connectivity index (χ3v) is 5.98. The number of carboxylic acid groups (broad SMARTS) is 1. The topological polar surface area (TPSA) is 123 Å². The van der Waals surface area contributed by atoms with E-state index in [0.717, 1.165) is 17.1 Å². The summed E-state index contributed by atoms with van der Waals surface area (Å²) in [4.78, 5) is 40.0. The lowest BCUT2D eigenvalue weighted by molar-refractivity contribution is -0.137. The summed E-state index contributed by atoms with van der Waals surface area (Å²) in [5.74, 6) is -1.85. The van der Waals surface area contributed by atoms with Crippen LogP contribution in [0.25, 0.3) is 10.8 Å². The first-order valence-electron chi connectivity index (χ1n) is 11.5. The molecule has 3 aromatic carbocycles. The first-order valence-corrected chi connectivity index (χ1v) is 11.5. The summed E-state index contributed by atoms with van der Waals surface area (Å²) in [5.41, 5.74) is 2.93. The molecule has 0 unspecified atom stereocenters. The Labute approximate surface area is 202 Å². The summed E-state index contributed by atoms with van der Waals surface area (Å²) in [5, 5.41) is 28.0. The molecule has 35 heavy (non-hydrogen) atoms. The molecule has 3 aromatic rings. The zero-order chi connectivity index (χ0) is 24.9. The number of carboxylic acids is 1. The molecule has 0 radical (unpaired) electrons. The Balaban J connectivity index is 1.62. The monoisotopic (exact) mass is 474 g/mol. The van der Waals surface area contributed by atoms with Gasteiger partial charge in [-0.1, -0.05) is 12.1 Å². The van der Waals surface area contributed by atoms with Crippen molar-refractivity contribution in [3.05, 3.63) is 65.7 Å². The molecular weight excluding hydrogens is 448 g/mol. The Bertz CT molecular complexity index is 1280. The molecule has 0 saturated heterocycles. The number of rotatable bonds is 10. The molecule has 0 atom stereocenters. The van der Waals surface area contributed by atoms with E-state index in [1.807, 2.05) is 36.1 Å². The van der Waals surface area contributed by atoms with E-state index in [-0.39, 0.29) is 26.0 Å². The number of hydrogen-bond donors (Lipinski definition) is 2. The van der Waals surface area contributed by atoms with E-state index < -0.39 is 17.8 Å². The molecule has 0 aliphatic carbocycles. The summed E-state index contributed by atoms with van der Waals surface area (Å²) in [7, 11) is 0. The van der Waals surface area contributed by atoms with E-state index >= 15 is 0 Å². The van der Waals surface area contributed by atoms with Crippen LogP contribution in [0.5, 0.6) is 0 Å². The third-order valence-electron chi connectivity index (χ3n) is 5.98. The van der Waals surface area contributed by atoms with Crippen LogP contribution in [-0.4, -0.2) is 59.1 Å². The highest BCUT2D eigenvalue weighted by atomic mass is 16.4. The highest BCUT2D eigenvalue weighted by Crippen LogP contribution is 2.36. The van der Waals surface area contributed by atoms with Crippen molar-refractivity contribution in [3.8, 4) is 0 Å². The maximum Gasteiger partial charge on any atom is 0.303 e. The van der Waals surface area contributed by atoms with E-state index in [0.29, 0.717) is 39.8 Å². The molecule has 2 amide bonds. The van der Waals surface area contributed by atoms with Gasteiger partial charge in [0.15, 0.2) is 0 Å². The number of amides is 2. The number of azo groups is 1. The lowest BCUT2D eigenvalue weighted by Crippen LogP contribution is -2.41. The van der Waals surface area contributed by atoms with Gasteiger partial charge in [-0.25, -0.2) is 0 Å². The summed E-state index contributed by atoms with van der Waals surface area (Å²) in [6.45, 7) is 3.46. The van der Waals surface area contributed by atoms with Gasteiger partial charge in [0.05, 0.1) is 18.0 Å². The fraction of sp³-hybridized carbons (Fsp3) is 0.269. The van der Waals surface area contributed by atoms with Crippen LogP contribution in [0.15, 0.2) is 64.8 Å². The predicted molar refractivity (Wildman–Crippen MR) is 132 cm³/mol. The largest absolute Gasteiger partial charge is 0.481 e. The molecule has 0 fully saturated rings. The number of imide groups is 1.